The lowest BCUT2D eigenvalue weighted by Gasteiger charge is -2.20. The quantitative estimate of drug-likeness (QED) is 0.544. The molecule has 0 aromatic carbocycles. The first-order chi connectivity index (χ1) is 8.25. The summed E-state index contributed by atoms with van der Waals surface area (Å²) < 4.78 is 0. The van der Waals surface area contributed by atoms with E-state index in [-0.39, 0.29) is 19.1 Å². The van der Waals surface area contributed by atoms with E-state index in [9.17, 15) is 9.59 Å². The molecule has 0 spiro atoms. The molecular weight excluding hydrogens is 240 g/mol. The zero-order chi connectivity index (χ0) is 14.8. The largest absolute Gasteiger partial charge is 0.481 e. The molecule has 2 atom stereocenters. The summed E-state index contributed by atoms with van der Waals surface area (Å²) in [6, 6.07) is 0. The Morgan fingerprint density at radius 3 is 1.89 bits per heavy atom. The van der Waals surface area contributed by atoms with Crippen molar-refractivity contribution < 1.29 is 30.0 Å². The van der Waals surface area contributed by atoms with Crippen molar-refractivity contribution in [2.75, 3.05) is 13.2 Å². The Kier molecular flexibility index (Phi) is 10.5. The second kappa shape index (κ2) is 9.85. The Bertz CT molecular complexity index is 253. The fourth-order valence-corrected chi connectivity index (χ4v) is 0.897. The first-order valence-electron chi connectivity index (χ1n) is 5.93. The zero-order valence-electron chi connectivity index (χ0n) is 11.2. The van der Waals surface area contributed by atoms with Crippen molar-refractivity contribution in [3.63, 3.8) is 0 Å². The highest BCUT2D eigenvalue weighted by Gasteiger charge is 2.31. The van der Waals surface area contributed by atoms with Gasteiger partial charge in [-0.1, -0.05) is 13.8 Å². The number of aliphatic carboxylic acids is 2. The van der Waals surface area contributed by atoms with Gasteiger partial charge in [-0.15, -0.1) is 0 Å². The van der Waals surface area contributed by atoms with E-state index in [1.54, 1.807) is 6.92 Å². The summed E-state index contributed by atoms with van der Waals surface area (Å²) in [6.45, 7) is 4.59. The van der Waals surface area contributed by atoms with Gasteiger partial charge in [0, 0.05) is 6.61 Å². The van der Waals surface area contributed by atoms with Crippen LogP contribution in [0.1, 0.15) is 40.0 Å². The van der Waals surface area contributed by atoms with Crippen molar-refractivity contribution in [3.05, 3.63) is 0 Å². The summed E-state index contributed by atoms with van der Waals surface area (Å²) in [5.74, 6) is -1.91. The van der Waals surface area contributed by atoms with Gasteiger partial charge in [0.15, 0.2) is 0 Å². The molecule has 0 saturated heterocycles. The molecule has 108 valence electrons. The van der Waals surface area contributed by atoms with Crippen LogP contribution in [0, 0.1) is 11.3 Å². The van der Waals surface area contributed by atoms with Gasteiger partial charge >= 0.3 is 11.9 Å². The van der Waals surface area contributed by atoms with Crippen LogP contribution in [0.3, 0.4) is 0 Å². The maximum absolute atomic E-state index is 10.5. The minimum Gasteiger partial charge on any atom is -0.481 e. The maximum Gasteiger partial charge on any atom is 0.311 e. The van der Waals surface area contributed by atoms with Gasteiger partial charge in [-0.25, -0.2) is 0 Å². The molecule has 0 aliphatic carbocycles. The molecule has 6 heteroatoms. The van der Waals surface area contributed by atoms with E-state index >= 15 is 0 Å². The minimum absolute atomic E-state index is 0.0388. The van der Waals surface area contributed by atoms with Crippen LogP contribution in [0.4, 0.5) is 0 Å². The predicted molar refractivity (Wildman–Crippen MR) is 66.2 cm³/mol. The summed E-state index contributed by atoms with van der Waals surface area (Å²) in [7, 11) is 0. The fraction of sp³-hybridized carbons (Fsp3) is 0.833. The Morgan fingerprint density at radius 1 is 1.22 bits per heavy atom. The number of aliphatic hydroxyl groups excluding tert-OH is 2. The number of carboxylic acids is 2. The summed E-state index contributed by atoms with van der Waals surface area (Å²) in [5, 5.41) is 34.0. The summed E-state index contributed by atoms with van der Waals surface area (Å²) >= 11 is 0. The van der Waals surface area contributed by atoms with Gasteiger partial charge in [-0.05, 0) is 26.2 Å². The Morgan fingerprint density at radius 2 is 1.72 bits per heavy atom. The molecule has 0 fully saturated rings. The molecule has 0 amide bonds. The molecular formula is C12H24O6. The van der Waals surface area contributed by atoms with Gasteiger partial charge in [0.2, 0.25) is 0 Å². The van der Waals surface area contributed by atoms with Crippen molar-refractivity contribution in [3.8, 4) is 0 Å². The predicted octanol–water partition coefficient (Wildman–Crippen LogP) is 0.959. The highest BCUT2D eigenvalue weighted by Crippen LogP contribution is 2.22. The number of carbonyl (C=O) groups is 2. The van der Waals surface area contributed by atoms with Crippen LogP contribution in [-0.2, 0) is 9.59 Å². The molecule has 0 saturated carbocycles. The molecule has 0 aliphatic heterocycles. The van der Waals surface area contributed by atoms with Crippen LogP contribution in [0.5, 0.6) is 0 Å². The molecule has 4 N–H and O–H groups in total. The number of carboxylic acid groups (broad SMARTS) is 2. The SMILES string of the molecule is CC(CO)(CCCO)C(=O)O.CCC(C)C(=O)O. The Hall–Kier alpha value is -1.14. The molecule has 0 aromatic heterocycles. The van der Waals surface area contributed by atoms with Crippen LogP contribution in [-0.4, -0.2) is 45.6 Å². The van der Waals surface area contributed by atoms with Crippen LogP contribution >= 0.6 is 0 Å². The van der Waals surface area contributed by atoms with Gasteiger partial charge in [-0.3, -0.25) is 9.59 Å². The number of hydrogen-bond donors (Lipinski definition) is 4. The molecule has 2 unspecified atom stereocenters. The minimum atomic E-state index is -1.09. The van der Waals surface area contributed by atoms with E-state index in [1.165, 1.54) is 6.92 Å². The van der Waals surface area contributed by atoms with Crippen molar-refractivity contribution >= 4 is 11.9 Å². The van der Waals surface area contributed by atoms with Gasteiger partial charge < -0.3 is 20.4 Å². The van der Waals surface area contributed by atoms with Crippen molar-refractivity contribution in [2.24, 2.45) is 11.3 Å². The summed E-state index contributed by atoms with van der Waals surface area (Å²) in [6.07, 6.45) is 1.42. The molecule has 0 bridgehead atoms. The van der Waals surface area contributed by atoms with Gasteiger partial charge in [-0.2, -0.15) is 0 Å². The smallest absolute Gasteiger partial charge is 0.311 e. The number of rotatable bonds is 7. The lowest BCUT2D eigenvalue weighted by atomic mass is 9.87. The van der Waals surface area contributed by atoms with Crippen molar-refractivity contribution in [2.45, 2.75) is 40.0 Å². The molecule has 0 rings (SSSR count). The summed E-state index contributed by atoms with van der Waals surface area (Å²) in [5.41, 5.74) is -1.09. The normalized spacial score (nSPS) is 14.9. The van der Waals surface area contributed by atoms with Crippen LogP contribution in [0.15, 0.2) is 0 Å². The molecule has 6 nitrogen and oxygen atoms in total. The Labute approximate surface area is 107 Å². The molecule has 0 aromatic rings. The van der Waals surface area contributed by atoms with Crippen molar-refractivity contribution in [1.29, 1.82) is 0 Å². The third kappa shape index (κ3) is 8.03. The second-order valence-corrected chi connectivity index (χ2v) is 4.50. The van der Waals surface area contributed by atoms with Crippen LogP contribution in [0.2, 0.25) is 0 Å². The van der Waals surface area contributed by atoms with E-state index in [1.807, 2.05) is 6.92 Å². The average molecular weight is 264 g/mol. The number of hydrogen-bond acceptors (Lipinski definition) is 4. The van der Waals surface area contributed by atoms with E-state index < -0.39 is 17.4 Å². The first kappa shape index (κ1) is 19.2. The first-order valence-corrected chi connectivity index (χ1v) is 5.93. The van der Waals surface area contributed by atoms with Gasteiger partial charge in [0.05, 0.1) is 17.9 Å². The van der Waals surface area contributed by atoms with E-state index in [4.69, 9.17) is 20.4 Å². The Balaban J connectivity index is 0. The second-order valence-electron chi connectivity index (χ2n) is 4.50. The molecule has 0 aliphatic rings. The third-order valence-electron chi connectivity index (χ3n) is 2.79. The van der Waals surface area contributed by atoms with Crippen LogP contribution in [0.25, 0.3) is 0 Å². The molecule has 0 heterocycles. The standard InChI is InChI=1S/C7H14O4.C5H10O2/c1-7(5-9,6(10)11)3-2-4-8;1-3-4(2)5(6)7/h8-9H,2-5H2,1H3,(H,10,11);4H,3H2,1-2H3,(H,6,7). The zero-order valence-corrected chi connectivity index (χ0v) is 11.2. The van der Waals surface area contributed by atoms with E-state index in [0.29, 0.717) is 12.8 Å². The molecule has 18 heavy (non-hydrogen) atoms. The van der Waals surface area contributed by atoms with E-state index in [0.717, 1.165) is 6.42 Å². The highest BCUT2D eigenvalue weighted by atomic mass is 16.4. The highest BCUT2D eigenvalue weighted by molar-refractivity contribution is 5.74. The topological polar surface area (TPSA) is 115 Å². The average Bonchev–Trinajstić information content (AvgIpc) is 2.35. The van der Waals surface area contributed by atoms with Gasteiger partial charge in [0.1, 0.15) is 0 Å². The molecule has 0 radical (unpaired) electrons. The lowest BCUT2D eigenvalue weighted by Crippen LogP contribution is -2.31. The monoisotopic (exact) mass is 264 g/mol. The van der Waals surface area contributed by atoms with Crippen LogP contribution < -0.4 is 0 Å². The number of aliphatic hydroxyl groups is 2. The third-order valence-corrected chi connectivity index (χ3v) is 2.79. The van der Waals surface area contributed by atoms with E-state index in [2.05, 4.69) is 0 Å². The maximum atomic E-state index is 10.5. The van der Waals surface area contributed by atoms with Gasteiger partial charge in [0.25, 0.3) is 0 Å². The van der Waals surface area contributed by atoms with Crippen molar-refractivity contribution in [1.82, 2.24) is 0 Å². The lowest BCUT2D eigenvalue weighted by molar-refractivity contribution is -0.151. The fourth-order valence-electron chi connectivity index (χ4n) is 0.897. The summed E-state index contributed by atoms with van der Waals surface area (Å²) in [4.78, 5) is 20.4.